The van der Waals surface area contributed by atoms with Crippen LogP contribution in [0.15, 0.2) is 30.7 Å². The predicted octanol–water partition coefficient (Wildman–Crippen LogP) is 4.19. The largest absolute Gasteiger partial charge is 0.451 e. The number of nitrogens with one attached hydrogen (secondary N) is 2. The Hall–Kier alpha value is -2.83. The second-order valence-electron chi connectivity index (χ2n) is 12.2. The number of rotatable bonds is 13. The van der Waals surface area contributed by atoms with Crippen LogP contribution in [0.4, 0.5) is 10.2 Å². The molecule has 4 rings (SSSR count). The summed E-state index contributed by atoms with van der Waals surface area (Å²) in [6, 6.07) is 3.98. The molecule has 0 bridgehead atoms. The lowest BCUT2D eigenvalue weighted by molar-refractivity contribution is 0.0713. The summed E-state index contributed by atoms with van der Waals surface area (Å²) < 4.78 is 46.9. The third kappa shape index (κ3) is 7.96. The highest BCUT2D eigenvalue weighted by molar-refractivity contribution is 7.89. The van der Waals surface area contributed by atoms with Crippen molar-refractivity contribution in [2.45, 2.75) is 72.4 Å². The van der Waals surface area contributed by atoms with Gasteiger partial charge in [-0.15, -0.1) is 0 Å². The molecule has 0 unspecified atom stereocenters. The molecule has 1 saturated heterocycles. The summed E-state index contributed by atoms with van der Waals surface area (Å²) in [6.07, 6.45) is 6.82. The van der Waals surface area contributed by atoms with E-state index in [0.29, 0.717) is 24.0 Å². The summed E-state index contributed by atoms with van der Waals surface area (Å²) in [5.74, 6) is 1.18. The molecule has 1 aliphatic heterocycles. The number of anilines is 1. The van der Waals surface area contributed by atoms with E-state index in [2.05, 4.69) is 31.8 Å². The lowest BCUT2D eigenvalue weighted by Gasteiger charge is -2.49. The molecule has 42 heavy (non-hydrogen) atoms. The van der Waals surface area contributed by atoms with Gasteiger partial charge >= 0.3 is 0 Å². The van der Waals surface area contributed by atoms with Crippen molar-refractivity contribution in [3.05, 3.63) is 42.1 Å². The van der Waals surface area contributed by atoms with Crippen LogP contribution in [-0.4, -0.2) is 79.8 Å². The van der Waals surface area contributed by atoms with Crippen LogP contribution in [0, 0.1) is 17.2 Å². The van der Waals surface area contributed by atoms with Gasteiger partial charge in [-0.3, -0.25) is 4.79 Å². The zero-order valence-corrected chi connectivity index (χ0v) is 26.2. The molecule has 0 atom stereocenters. The van der Waals surface area contributed by atoms with Crippen molar-refractivity contribution >= 4 is 21.7 Å². The first-order valence-electron chi connectivity index (χ1n) is 15.0. The molecular weight excluding hydrogens is 559 g/mol. The third-order valence-electron chi connectivity index (χ3n) is 8.28. The van der Waals surface area contributed by atoms with Crippen LogP contribution in [0.5, 0.6) is 11.5 Å². The molecule has 232 valence electrons. The Labute approximate surface area is 249 Å². The van der Waals surface area contributed by atoms with Crippen molar-refractivity contribution in [3.8, 4) is 11.5 Å². The van der Waals surface area contributed by atoms with Crippen LogP contribution in [-0.2, 0) is 10.0 Å². The van der Waals surface area contributed by atoms with Gasteiger partial charge in [0.05, 0.1) is 17.5 Å². The maximum absolute atomic E-state index is 14.2. The minimum absolute atomic E-state index is 0.0433. The Morgan fingerprint density at radius 2 is 1.90 bits per heavy atom. The predicted molar refractivity (Wildman–Crippen MR) is 162 cm³/mol. The van der Waals surface area contributed by atoms with E-state index in [1.165, 1.54) is 24.5 Å². The fraction of sp³-hybridized carbons (Fsp3) is 0.633. The molecule has 2 N–H and O–H groups in total. The average molecular weight is 605 g/mol. The van der Waals surface area contributed by atoms with E-state index in [9.17, 15) is 17.6 Å². The highest BCUT2D eigenvalue weighted by atomic mass is 32.2. The molecule has 1 aromatic heterocycles. The van der Waals surface area contributed by atoms with Crippen molar-refractivity contribution in [1.82, 2.24) is 24.9 Å². The molecule has 2 heterocycles. The van der Waals surface area contributed by atoms with Crippen LogP contribution in [0.2, 0.25) is 0 Å². The van der Waals surface area contributed by atoms with Crippen LogP contribution < -0.4 is 19.7 Å². The molecule has 1 amide bonds. The lowest BCUT2D eigenvalue weighted by Crippen LogP contribution is -2.59. The lowest BCUT2D eigenvalue weighted by atomic mass is 9.81. The van der Waals surface area contributed by atoms with Crippen molar-refractivity contribution in [2.24, 2.45) is 11.3 Å². The van der Waals surface area contributed by atoms with E-state index >= 15 is 0 Å². The molecule has 12 heteroatoms. The second kappa shape index (κ2) is 13.6. The van der Waals surface area contributed by atoms with E-state index < -0.39 is 15.8 Å². The summed E-state index contributed by atoms with van der Waals surface area (Å²) in [5.41, 5.74) is 0.210. The Bertz CT molecular complexity index is 1330. The maximum Gasteiger partial charge on any atom is 0.257 e. The van der Waals surface area contributed by atoms with E-state index in [-0.39, 0.29) is 40.5 Å². The monoisotopic (exact) mass is 604 g/mol. The van der Waals surface area contributed by atoms with Crippen LogP contribution >= 0.6 is 0 Å². The SMILES string of the molecule is CCN(C(=O)c1cc(F)ccc1Oc1cncnc1N1CC(C)(CNCC2CCC(NS(=O)(=O)CC)CC2)C1)C(C)C. The van der Waals surface area contributed by atoms with E-state index in [1.54, 1.807) is 18.0 Å². The summed E-state index contributed by atoms with van der Waals surface area (Å²) in [5, 5.41) is 3.64. The van der Waals surface area contributed by atoms with Gasteiger partial charge in [0.2, 0.25) is 10.0 Å². The molecule has 10 nitrogen and oxygen atoms in total. The maximum atomic E-state index is 14.2. The van der Waals surface area contributed by atoms with Gasteiger partial charge in [-0.25, -0.2) is 27.5 Å². The van der Waals surface area contributed by atoms with Gasteiger partial charge < -0.3 is 19.9 Å². The smallest absolute Gasteiger partial charge is 0.257 e. The van der Waals surface area contributed by atoms with Gasteiger partial charge in [-0.05, 0) is 84.0 Å². The molecule has 1 aromatic carbocycles. The number of hydrogen-bond acceptors (Lipinski definition) is 8. The quantitative estimate of drug-likeness (QED) is 0.350. The normalized spacial score (nSPS) is 20.3. The van der Waals surface area contributed by atoms with Gasteiger partial charge in [0.1, 0.15) is 17.9 Å². The minimum Gasteiger partial charge on any atom is -0.451 e. The number of ether oxygens (including phenoxy) is 1. The number of hydrogen-bond donors (Lipinski definition) is 2. The van der Waals surface area contributed by atoms with Gasteiger partial charge in [-0.1, -0.05) is 6.92 Å². The summed E-state index contributed by atoms with van der Waals surface area (Å²) in [4.78, 5) is 25.7. The average Bonchev–Trinajstić information content (AvgIpc) is 2.94. The molecule has 2 aliphatic rings. The Morgan fingerprint density at radius 3 is 2.55 bits per heavy atom. The van der Waals surface area contributed by atoms with E-state index in [0.717, 1.165) is 51.9 Å². The molecule has 2 aromatic rings. The van der Waals surface area contributed by atoms with Crippen LogP contribution in [0.25, 0.3) is 0 Å². The summed E-state index contributed by atoms with van der Waals surface area (Å²) >= 11 is 0. The number of nitrogens with zero attached hydrogens (tertiary/aromatic N) is 4. The number of benzene rings is 1. The molecule has 1 saturated carbocycles. The zero-order valence-electron chi connectivity index (χ0n) is 25.4. The topological polar surface area (TPSA) is 117 Å². The fourth-order valence-corrected chi connectivity index (χ4v) is 6.84. The van der Waals surface area contributed by atoms with E-state index in [1.807, 2.05) is 20.8 Å². The van der Waals surface area contributed by atoms with Crippen LogP contribution in [0.3, 0.4) is 0 Å². The molecule has 1 aliphatic carbocycles. The van der Waals surface area contributed by atoms with Crippen LogP contribution in [0.1, 0.15) is 70.7 Å². The number of aromatic nitrogens is 2. The first-order valence-corrected chi connectivity index (χ1v) is 16.6. The molecule has 2 fully saturated rings. The molecule has 0 radical (unpaired) electrons. The Morgan fingerprint density at radius 1 is 1.19 bits per heavy atom. The van der Waals surface area contributed by atoms with E-state index in [4.69, 9.17) is 4.74 Å². The van der Waals surface area contributed by atoms with Crippen molar-refractivity contribution in [3.63, 3.8) is 0 Å². The summed E-state index contributed by atoms with van der Waals surface area (Å²) in [7, 11) is -3.15. The van der Waals surface area contributed by atoms with Gasteiger partial charge in [0, 0.05) is 43.7 Å². The van der Waals surface area contributed by atoms with Crippen molar-refractivity contribution in [1.29, 1.82) is 0 Å². The van der Waals surface area contributed by atoms with Gasteiger partial charge in [-0.2, -0.15) is 0 Å². The molecular formula is C30H45FN6O4S. The first kappa shape index (κ1) is 32.1. The minimum atomic E-state index is -3.15. The number of amides is 1. The second-order valence-corrected chi connectivity index (χ2v) is 14.2. The number of sulfonamides is 1. The fourth-order valence-electron chi connectivity index (χ4n) is 5.93. The zero-order chi connectivity index (χ0) is 30.5. The molecule has 0 spiro atoms. The van der Waals surface area contributed by atoms with Crippen molar-refractivity contribution in [2.75, 3.05) is 43.4 Å². The van der Waals surface area contributed by atoms with Gasteiger partial charge in [0.25, 0.3) is 5.91 Å². The Balaban J connectivity index is 1.33. The number of halogens is 1. The standard InChI is InChI=1S/C30H45FN6O4S/c1-6-37(21(3)4)29(38)25-14-23(31)10-13-26(25)41-27-16-33-20-34-28(27)36-18-30(5,19-36)17-32-15-22-8-11-24(12-9-22)35-42(39,40)7-2/h10,13-14,16,20-22,24,32,35H,6-9,11-12,15,17-19H2,1-5H3. The Kier molecular flexibility index (Phi) is 10.4. The highest BCUT2D eigenvalue weighted by Gasteiger charge is 2.40. The third-order valence-corrected chi connectivity index (χ3v) is 9.73. The first-order chi connectivity index (χ1) is 19.9. The summed E-state index contributed by atoms with van der Waals surface area (Å²) in [6.45, 7) is 13.4. The highest BCUT2D eigenvalue weighted by Crippen LogP contribution is 2.39. The number of carbonyl (C=O) groups excluding carboxylic acids is 1. The van der Waals surface area contributed by atoms with Crippen molar-refractivity contribution < 1.29 is 22.3 Å². The van der Waals surface area contributed by atoms with Gasteiger partial charge in [0.15, 0.2) is 11.6 Å². The number of carbonyl (C=O) groups is 1.